The van der Waals surface area contributed by atoms with Crippen LogP contribution in [0, 0.1) is 0 Å². The molecule has 1 unspecified atom stereocenters. The number of anilines is 1. The van der Waals surface area contributed by atoms with Gasteiger partial charge in [0.1, 0.15) is 0 Å². The molecule has 106 valence electrons. The van der Waals surface area contributed by atoms with E-state index in [-0.39, 0.29) is 12.1 Å². The van der Waals surface area contributed by atoms with Crippen molar-refractivity contribution in [2.45, 2.75) is 25.5 Å². The second kappa shape index (κ2) is 5.13. The summed E-state index contributed by atoms with van der Waals surface area (Å²) in [7, 11) is 1.59. The van der Waals surface area contributed by atoms with E-state index in [0.717, 1.165) is 36.8 Å². The van der Waals surface area contributed by atoms with E-state index in [4.69, 9.17) is 10.5 Å². The topological polar surface area (TPSA) is 82.2 Å². The Hall–Kier alpha value is -2.08. The number of nitrogens with zero attached hydrogens (tertiary/aromatic N) is 2. The number of rotatable bonds is 2. The predicted molar refractivity (Wildman–Crippen MR) is 76.4 cm³/mol. The number of carbonyl (C=O) groups is 1. The third kappa shape index (κ3) is 2.12. The number of nitrogens with one attached hydrogen (secondary N) is 1. The van der Waals surface area contributed by atoms with Crippen molar-refractivity contribution in [2.75, 3.05) is 19.4 Å². The molecule has 6 heteroatoms. The Morgan fingerprint density at radius 3 is 3.05 bits per heavy atom. The first-order valence-corrected chi connectivity index (χ1v) is 6.82. The van der Waals surface area contributed by atoms with Crippen LogP contribution in [0.3, 0.4) is 0 Å². The lowest BCUT2D eigenvalue weighted by atomic mass is 10.1. The normalized spacial score (nSPS) is 19.1. The van der Waals surface area contributed by atoms with Gasteiger partial charge in [-0.15, -0.1) is 0 Å². The van der Waals surface area contributed by atoms with Crippen molar-refractivity contribution < 1.29 is 9.53 Å². The second-order valence-corrected chi connectivity index (χ2v) is 4.97. The minimum atomic E-state index is -0.213. The van der Waals surface area contributed by atoms with Gasteiger partial charge in [-0.25, -0.2) is 4.68 Å². The molecule has 0 spiro atoms. The summed E-state index contributed by atoms with van der Waals surface area (Å²) >= 11 is 0. The van der Waals surface area contributed by atoms with E-state index in [1.54, 1.807) is 17.8 Å². The Bertz CT molecular complexity index is 644. The first kappa shape index (κ1) is 12.9. The van der Waals surface area contributed by atoms with Crippen molar-refractivity contribution in [1.29, 1.82) is 0 Å². The predicted octanol–water partition coefficient (Wildman–Crippen LogP) is 1.68. The van der Waals surface area contributed by atoms with E-state index in [1.165, 1.54) is 0 Å². The molecule has 0 bridgehead atoms. The number of hydrogen-bond donors (Lipinski definition) is 2. The maximum Gasteiger partial charge on any atom is 0.272 e. The Kier molecular flexibility index (Phi) is 3.31. The molecule has 1 atom stereocenters. The number of nitrogen functional groups attached to an aromatic ring is 1. The minimum absolute atomic E-state index is 0.103. The van der Waals surface area contributed by atoms with Gasteiger partial charge in [0.25, 0.3) is 5.91 Å². The number of hydrogen-bond acceptors (Lipinski definition) is 4. The maximum absolute atomic E-state index is 12.0. The van der Waals surface area contributed by atoms with Crippen molar-refractivity contribution >= 4 is 22.5 Å². The van der Waals surface area contributed by atoms with Crippen molar-refractivity contribution in [3.63, 3.8) is 0 Å². The molecule has 1 aliphatic rings. The zero-order chi connectivity index (χ0) is 14.1. The number of benzene rings is 1. The molecular formula is C14H18N4O2. The molecule has 0 saturated carbocycles. The molecule has 1 aliphatic heterocycles. The van der Waals surface area contributed by atoms with Crippen LogP contribution in [-0.4, -0.2) is 29.3 Å². The van der Waals surface area contributed by atoms with E-state index >= 15 is 0 Å². The number of amides is 1. The Balaban J connectivity index is 2.14. The molecule has 1 fully saturated rings. The van der Waals surface area contributed by atoms with Gasteiger partial charge in [0.15, 0.2) is 11.9 Å². The first-order chi connectivity index (χ1) is 9.70. The number of ether oxygens (including phenoxy) is 1. The number of fused-ring (bicyclic) bond motifs is 1. The lowest BCUT2D eigenvalue weighted by Gasteiger charge is -2.23. The van der Waals surface area contributed by atoms with Crippen LogP contribution in [0.5, 0.6) is 0 Å². The van der Waals surface area contributed by atoms with Crippen LogP contribution in [0.4, 0.5) is 5.69 Å². The summed E-state index contributed by atoms with van der Waals surface area (Å²) in [6.45, 7) is 0.732. The van der Waals surface area contributed by atoms with Gasteiger partial charge in [-0.05, 0) is 37.5 Å². The molecule has 6 nitrogen and oxygen atoms in total. The molecule has 20 heavy (non-hydrogen) atoms. The van der Waals surface area contributed by atoms with Gasteiger partial charge < -0.3 is 15.8 Å². The van der Waals surface area contributed by atoms with Gasteiger partial charge in [-0.3, -0.25) is 4.79 Å². The molecule has 1 amide bonds. The largest absolute Gasteiger partial charge is 0.399 e. The van der Waals surface area contributed by atoms with E-state index < -0.39 is 0 Å². The van der Waals surface area contributed by atoms with E-state index in [0.29, 0.717) is 11.4 Å². The van der Waals surface area contributed by atoms with Crippen LogP contribution < -0.4 is 11.1 Å². The second-order valence-electron chi connectivity index (χ2n) is 4.97. The third-order valence-electron chi connectivity index (χ3n) is 3.60. The fourth-order valence-corrected chi connectivity index (χ4v) is 2.58. The average Bonchev–Trinajstić information content (AvgIpc) is 2.86. The highest BCUT2D eigenvalue weighted by atomic mass is 16.5. The van der Waals surface area contributed by atoms with Crippen LogP contribution in [0.1, 0.15) is 36.0 Å². The fourth-order valence-electron chi connectivity index (χ4n) is 2.58. The zero-order valence-corrected chi connectivity index (χ0v) is 11.4. The molecule has 0 radical (unpaired) electrons. The molecule has 1 aromatic carbocycles. The summed E-state index contributed by atoms with van der Waals surface area (Å²) in [5.41, 5.74) is 7.71. The fraction of sp³-hybridized carbons (Fsp3) is 0.429. The molecule has 1 saturated heterocycles. The lowest BCUT2D eigenvalue weighted by molar-refractivity contribution is -0.0368. The van der Waals surface area contributed by atoms with E-state index in [9.17, 15) is 4.79 Å². The van der Waals surface area contributed by atoms with Crippen LogP contribution >= 0.6 is 0 Å². The number of nitrogens with two attached hydrogens (primary N) is 1. The van der Waals surface area contributed by atoms with E-state index in [1.807, 2.05) is 12.1 Å². The zero-order valence-electron chi connectivity index (χ0n) is 11.4. The summed E-state index contributed by atoms with van der Waals surface area (Å²) in [4.78, 5) is 12.0. The summed E-state index contributed by atoms with van der Waals surface area (Å²) in [6, 6.07) is 5.49. The van der Waals surface area contributed by atoms with Crippen molar-refractivity contribution in [3.8, 4) is 0 Å². The molecule has 2 heterocycles. The minimum Gasteiger partial charge on any atom is -0.399 e. The summed E-state index contributed by atoms with van der Waals surface area (Å²) < 4.78 is 7.57. The van der Waals surface area contributed by atoms with Crippen molar-refractivity contribution in [3.05, 3.63) is 23.9 Å². The van der Waals surface area contributed by atoms with Gasteiger partial charge in [0.2, 0.25) is 0 Å². The third-order valence-corrected chi connectivity index (χ3v) is 3.60. The van der Waals surface area contributed by atoms with Crippen molar-refractivity contribution in [2.24, 2.45) is 0 Å². The van der Waals surface area contributed by atoms with Gasteiger partial charge in [-0.2, -0.15) is 5.10 Å². The Morgan fingerprint density at radius 2 is 2.35 bits per heavy atom. The quantitative estimate of drug-likeness (QED) is 0.816. The average molecular weight is 274 g/mol. The highest BCUT2D eigenvalue weighted by Gasteiger charge is 2.23. The number of aromatic nitrogens is 2. The van der Waals surface area contributed by atoms with E-state index in [2.05, 4.69) is 10.4 Å². The summed E-state index contributed by atoms with van der Waals surface area (Å²) in [6.07, 6.45) is 2.99. The smallest absolute Gasteiger partial charge is 0.272 e. The summed E-state index contributed by atoms with van der Waals surface area (Å²) in [5, 5.41) is 7.82. The molecule has 3 N–H and O–H groups in total. The van der Waals surface area contributed by atoms with Gasteiger partial charge in [-0.1, -0.05) is 0 Å². The first-order valence-electron chi connectivity index (χ1n) is 6.82. The lowest BCUT2D eigenvalue weighted by Crippen LogP contribution is -2.21. The van der Waals surface area contributed by atoms with Crippen molar-refractivity contribution in [1.82, 2.24) is 15.1 Å². The van der Waals surface area contributed by atoms with Gasteiger partial charge >= 0.3 is 0 Å². The van der Waals surface area contributed by atoms with Crippen LogP contribution in [0.15, 0.2) is 18.2 Å². The van der Waals surface area contributed by atoms with Gasteiger partial charge in [0.05, 0.1) is 5.52 Å². The molecule has 2 aromatic rings. The van der Waals surface area contributed by atoms with Crippen LogP contribution in [-0.2, 0) is 4.74 Å². The van der Waals surface area contributed by atoms with Crippen LogP contribution in [0.25, 0.3) is 10.9 Å². The Labute approximate surface area is 116 Å². The molecule has 0 aliphatic carbocycles. The highest BCUT2D eigenvalue weighted by Crippen LogP contribution is 2.29. The number of carbonyl (C=O) groups excluding carboxylic acids is 1. The maximum atomic E-state index is 12.0. The summed E-state index contributed by atoms with van der Waals surface area (Å²) in [5.74, 6) is -0.213. The van der Waals surface area contributed by atoms with Gasteiger partial charge in [0, 0.05) is 24.7 Å². The highest BCUT2D eigenvalue weighted by molar-refractivity contribution is 6.05. The molecular weight excluding hydrogens is 256 g/mol. The SMILES string of the molecule is CNC(=O)c1nn(C2CCCCO2)c2ccc(N)cc12. The standard InChI is InChI=1S/C14H18N4O2/c1-16-14(19)13-10-8-9(15)5-6-11(10)18(17-13)12-4-2-3-7-20-12/h5-6,8,12H,2-4,7,15H2,1H3,(H,16,19). The monoisotopic (exact) mass is 274 g/mol. The molecule has 1 aromatic heterocycles. The Morgan fingerprint density at radius 1 is 1.50 bits per heavy atom. The van der Waals surface area contributed by atoms with Crippen LogP contribution in [0.2, 0.25) is 0 Å². The molecule has 3 rings (SSSR count).